The molecule has 0 rings (SSSR count). The van der Waals surface area contributed by atoms with Crippen molar-refractivity contribution in [2.75, 3.05) is 0 Å². The smallest absolute Gasteiger partial charge is 0.267 e. The molecule has 0 spiro atoms. The van der Waals surface area contributed by atoms with Crippen molar-refractivity contribution in [1.82, 2.24) is 0 Å². The number of halogens is 32. The summed E-state index contributed by atoms with van der Waals surface area (Å²) >= 11 is 0. The fourth-order valence-corrected chi connectivity index (χ4v) is 2.78. The molecule has 4 N–H and O–H groups in total. The van der Waals surface area contributed by atoms with Crippen LogP contribution in [-0.2, 0) is 0 Å². The first-order valence-corrected chi connectivity index (χ1v) is 10.4. The second kappa shape index (κ2) is 11.1. The first-order chi connectivity index (χ1) is 20.8. The Morgan fingerprint density at radius 1 is 0.140 bits per heavy atom. The van der Waals surface area contributed by atoms with Crippen LogP contribution in [-0.4, -0.2) is 95.0 Å². The summed E-state index contributed by atoms with van der Waals surface area (Å²) in [6.45, 7) is 0. The Balaban J connectivity index is 7.70. The van der Waals surface area contributed by atoms with Gasteiger partial charge in [-0.15, -0.1) is 0 Å². The van der Waals surface area contributed by atoms with Crippen LogP contribution in [0.4, 0.5) is 140 Å². The fourth-order valence-electron chi connectivity index (χ4n) is 2.78. The molecule has 0 fully saturated rings. The number of nitrogens with two attached hydrogens (primary N) is 2. The maximum absolute atomic E-state index is 13.7. The van der Waals surface area contributed by atoms with E-state index in [-0.39, 0.29) is 0 Å². The molecule has 0 saturated carbocycles. The molecule has 0 aromatic heterocycles. The molecule has 0 aliphatic rings. The maximum Gasteiger partial charge on any atom is 0.392 e. The van der Waals surface area contributed by atoms with Crippen molar-refractivity contribution in [1.29, 1.82) is 0 Å². The van der Waals surface area contributed by atoms with E-state index < -0.39 is 95.0 Å². The molecule has 0 heterocycles. The van der Waals surface area contributed by atoms with E-state index in [1.165, 1.54) is 0 Å². The topological polar surface area (TPSA) is 52.0 Å². The normalized spacial score (nSPS) is 17.4. The van der Waals surface area contributed by atoms with Gasteiger partial charge in [0.05, 0.1) is 0 Å². The minimum atomic E-state index is -10.1. The van der Waals surface area contributed by atoms with Gasteiger partial charge in [-0.1, -0.05) is 0 Å². The van der Waals surface area contributed by atoms with Gasteiger partial charge in [-0.2, -0.15) is 140 Å². The minimum Gasteiger partial charge on any atom is -0.267 e. The minimum absolute atomic E-state index is 2.89. The van der Waals surface area contributed by atoms with Crippen molar-refractivity contribution in [2.24, 2.45) is 11.5 Å². The molecule has 302 valence electrons. The van der Waals surface area contributed by atoms with Crippen LogP contribution in [0.3, 0.4) is 0 Å². The van der Waals surface area contributed by atoms with Crippen LogP contribution in [0.5, 0.6) is 0 Å². The average Bonchev–Trinajstić information content (AvgIpc) is 2.85. The zero-order valence-corrected chi connectivity index (χ0v) is 21.2. The van der Waals surface area contributed by atoms with E-state index in [1.807, 2.05) is 0 Å². The predicted octanol–water partition coefficient (Wildman–Crippen LogP) is 8.98. The fraction of sp³-hybridized carbons (Fsp3) is 1.00. The molecular weight excluding hydrogens is 828 g/mol. The second-order valence-corrected chi connectivity index (χ2v) is 9.29. The Morgan fingerprint density at radius 2 is 0.200 bits per heavy atom. The molecule has 0 radical (unpaired) electrons. The molecule has 0 aliphatic heterocycles. The summed E-state index contributed by atoms with van der Waals surface area (Å²) in [5.74, 6) is -134. The molecule has 0 aromatic rings. The summed E-state index contributed by atoms with van der Waals surface area (Å²) in [5.41, 5.74) is 5.78. The van der Waals surface area contributed by atoms with Crippen molar-refractivity contribution < 1.29 is 140 Å². The van der Waals surface area contributed by atoms with Crippen LogP contribution in [0, 0.1) is 0 Å². The molecule has 2 nitrogen and oxygen atoms in total. The summed E-state index contributed by atoms with van der Waals surface area (Å²) in [7, 11) is 0. The second-order valence-electron chi connectivity index (χ2n) is 9.29. The van der Waals surface area contributed by atoms with Gasteiger partial charge in [-0.25, -0.2) is 0 Å². The van der Waals surface area contributed by atoms with E-state index in [9.17, 15) is 140 Å². The third kappa shape index (κ3) is 5.18. The lowest BCUT2D eigenvalue weighted by Crippen LogP contribution is -2.80. The van der Waals surface area contributed by atoms with Gasteiger partial charge in [-0.05, 0) is 0 Å². The monoisotopic (exact) mass is 832 g/mol. The van der Waals surface area contributed by atoms with Crippen LogP contribution < -0.4 is 11.5 Å². The highest BCUT2D eigenvalue weighted by atomic mass is 19.4. The summed E-state index contributed by atoms with van der Waals surface area (Å²) in [6, 6.07) is -14.8. The van der Waals surface area contributed by atoms with E-state index in [0.29, 0.717) is 0 Å². The third-order valence-electron chi connectivity index (χ3n) is 5.96. The highest BCUT2D eigenvalue weighted by Gasteiger charge is 3.01. The molecule has 0 unspecified atom stereocenters. The molecule has 0 atom stereocenters. The number of alkyl halides is 32. The Kier molecular flexibility index (Phi) is 10.6. The lowest BCUT2D eigenvalue weighted by Gasteiger charge is -2.46. The first-order valence-electron chi connectivity index (χ1n) is 10.4. The lowest BCUT2D eigenvalue weighted by molar-refractivity contribution is -0.489. The van der Waals surface area contributed by atoms with Crippen LogP contribution in [0.25, 0.3) is 0 Å². The van der Waals surface area contributed by atoms with Crippen molar-refractivity contribution in [3.8, 4) is 0 Å². The standard InChI is InChI=1S/C16H4F32N2/c17-1(18,3(21,22)5(25,26)7(29,30)9(33,34)11(37,38)13(41,42)15(45,46)49)2(19,20)4(23,24)6(27,28)8(31,32)10(35,36)12(39,40)14(43,44)16(47,48)50/h49-50H2. The average molecular weight is 832 g/mol. The summed E-state index contributed by atoms with van der Waals surface area (Å²) < 4.78 is 427. The number of hydrogen-bond acceptors (Lipinski definition) is 2. The molecule has 0 bridgehead atoms. The molecule has 0 aromatic carbocycles. The molecule has 0 amide bonds. The predicted molar refractivity (Wildman–Crippen MR) is 87.5 cm³/mol. The summed E-state index contributed by atoms with van der Waals surface area (Å²) in [4.78, 5) is 0. The third-order valence-corrected chi connectivity index (χ3v) is 5.96. The van der Waals surface area contributed by atoms with Crippen molar-refractivity contribution in [3.63, 3.8) is 0 Å². The van der Waals surface area contributed by atoms with Gasteiger partial charge in [0.25, 0.3) is 0 Å². The van der Waals surface area contributed by atoms with Crippen LogP contribution in [0.1, 0.15) is 0 Å². The van der Waals surface area contributed by atoms with Crippen molar-refractivity contribution in [2.45, 2.75) is 95.0 Å². The van der Waals surface area contributed by atoms with Crippen LogP contribution in [0.15, 0.2) is 0 Å². The SMILES string of the molecule is NC(F)(F)C(F)(F)C(F)(F)C(F)(F)C(F)(F)C(F)(F)C(F)(F)C(F)(F)C(F)(F)C(F)(F)C(F)(F)C(F)(F)C(F)(F)C(F)(F)C(F)(F)C(N)(F)F. The van der Waals surface area contributed by atoms with Crippen LogP contribution >= 0.6 is 0 Å². The quantitative estimate of drug-likeness (QED) is 0.128. The number of hydrogen-bond donors (Lipinski definition) is 2. The van der Waals surface area contributed by atoms with Gasteiger partial charge in [0.15, 0.2) is 0 Å². The Hall–Kier alpha value is -2.32. The number of rotatable bonds is 15. The van der Waals surface area contributed by atoms with E-state index >= 15 is 0 Å². The van der Waals surface area contributed by atoms with Crippen LogP contribution in [0.2, 0.25) is 0 Å². The zero-order valence-electron chi connectivity index (χ0n) is 21.2. The largest absolute Gasteiger partial charge is 0.392 e. The van der Waals surface area contributed by atoms with E-state index in [4.69, 9.17) is 0 Å². The maximum atomic E-state index is 13.7. The van der Waals surface area contributed by atoms with Gasteiger partial charge in [0.2, 0.25) is 0 Å². The summed E-state index contributed by atoms with van der Waals surface area (Å²) in [6.07, 6.45) is 0. The van der Waals surface area contributed by atoms with E-state index in [2.05, 4.69) is 11.5 Å². The zero-order chi connectivity index (χ0) is 42.0. The molecule has 50 heavy (non-hydrogen) atoms. The van der Waals surface area contributed by atoms with Crippen molar-refractivity contribution in [3.05, 3.63) is 0 Å². The molecule has 0 saturated heterocycles. The lowest BCUT2D eigenvalue weighted by atomic mass is 9.83. The van der Waals surface area contributed by atoms with Crippen molar-refractivity contribution >= 4 is 0 Å². The Labute approximate surface area is 248 Å². The Bertz CT molecular complexity index is 1150. The van der Waals surface area contributed by atoms with Gasteiger partial charge < -0.3 is 0 Å². The van der Waals surface area contributed by atoms with Gasteiger partial charge in [-0.3, -0.25) is 11.5 Å². The Morgan fingerprint density at radius 3 is 0.260 bits per heavy atom. The summed E-state index contributed by atoms with van der Waals surface area (Å²) in [5, 5.41) is 0. The molecular formula is C16H4F32N2. The highest BCUT2D eigenvalue weighted by molar-refractivity contribution is 5.22. The van der Waals surface area contributed by atoms with Gasteiger partial charge in [0.1, 0.15) is 0 Å². The first kappa shape index (κ1) is 47.7. The van der Waals surface area contributed by atoms with Gasteiger partial charge >= 0.3 is 95.0 Å². The van der Waals surface area contributed by atoms with E-state index in [1.54, 1.807) is 0 Å². The molecule has 0 aliphatic carbocycles. The van der Waals surface area contributed by atoms with Gasteiger partial charge in [0, 0.05) is 0 Å². The highest BCUT2D eigenvalue weighted by Crippen LogP contribution is 2.69. The molecule has 34 heteroatoms. The van der Waals surface area contributed by atoms with E-state index in [0.717, 1.165) is 0 Å².